The average Bonchev–Trinajstić information content (AvgIpc) is 3.03. The second-order valence-electron chi connectivity index (χ2n) is 4.20. The number of rotatable bonds is 3. The number of hydrogen-bond donors (Lipinski definition) is 1. The van der Waals surface area contributed by atoms with Gasteiger partial charge in [-0.3, -0.25) is 0 Å². The van der Waals surface area contributed by atoms with Crippen molar-refractivity contribution in [2.24, 2.45) is 5.73 Å². The molecular formula is C11H12FN5. The third kappa shape index (κ3) is 1.70. The van der Waals surface area contributed by atoms with Crippen LogP contribution in [0.4, 0.5) is 4.39 Å². The van der Waals surface area contributed by atoms with E-state index in [0.29, 0.717) is 17.2 Å². The van der Waals surface area contributed by atoms with Crippen molar-refractivity contribution in [2.45, 2.75) is 25.3 Å². The number of aromatic nitrogens is 4. The van der Waals surface area contributed by atoms with Crippen LogP contribution in [0.3, 0.4) is 0 Å². The van der Waals surface area contributed by atoms with Crippen LogP contribution in [0.5, 0.6) is 0 Å². The minimum Gasteiger partial charge on any atom is -0.326 e. The maximum atomic E-state index is 14.3. The third-order valence-electron chi connectivity index (χ3n) is 3.07. The van der Waals surface area contributed by atoms with Crippen molar-refractivity contribution < 1.29 is 4.39 Å². The Kier molecular flexibility index (Phi) is 2.36. The van der Waals surface area contributed by atoms with Crippen LogP contribution in [0, 0.1) is 5.82 Å². The highest BCUT2D eigenvalue weighted by molar-refractivity contribution is 5.45. The van der Waals surface area contributed by atoms with E-state index in [4.69, 9.17) is 5.73 Å². The van der Waals surface area contributed by atoms with Gasteiger partial charge in [-0.1, -0.05) is 6.07 Å². The van der Waals surface area contributed by atoms with E-state index in [9.17, 15) is 4.39 Å². The highest BCUT2D eigenvalue weighted by Gasteiger charge is 2.28. The van der Waals surface area contributed by atoms with Gasteiger partial charge in [-0.25, -0.2) is 9.07 Å². The summed E-state index contributed by atoms with van der Waals surface area (Å²) in [6.45, 7) is 0.140. The first-order valence-electron chi connectivity index (χ1n) is 5.56. The Labute approximate surface area is 97.4 Å². The predicted molar refractivity (Wildman–Crippen MR) is 59.0 cm³/mol. The lowest BCUT2D eigenvalue weighted by atomic mass is 10.0. The summed E-state index contributed by atoms with van der Waals surface area (Å²) in [5.74, 6) is 0.159. The van der Waals surface area contributed by atoms with E-state index in [1.54, 1.807) is 0 Å². The largest absolute Gasteiger partial charge is 0.326 e. The maximum absolute atomic E-state index is 14.3. The van der Waals surface area contributed by atoms with Crippen LogP contribution in [0.25, 0.3) is 5.69 Å². The van der Waals surface area contributed by atoms with Crippen LogP contribution in [0.15, 0.2) is 18.5 Å². The van der Waals surface area contributed by atoms with Gasteiger partial charge in [0.15, 0.2) is 0 Å². The first-order valence-corrected chi connectivity index (χ1v) is 5.56. The van der Waals surface area contributed by atoms with Crippen LogP contribution in [-0.4, -0.2) is 20.2 Å². The van der Waals surface area contributed by atoms with Crippen LogP contribution in [-0.2, 0) is 6.54 Å². The quantitative estimate of drug-likeness (QED) is 0.863. The fraction of sp³-hybridized carbons (Fsp3) is 0.364. The van der Waals surface area contributed by atoms with Crippen molar-refractivity contribution in [1.82, 2.24) is 20.2 Å². The summed E-state index contributed by atoms with van der Waals surface area (Å²) in [7, 11) is 0. The highest BCUT2D eigenvalue weighted by atomic mass is 19.1. The number of tetrazole rings is 1. The van der Waals surface area contributed by atoms with E-state index >= 15 is 0 Å². The van der Waals surface area contributed by atoms with Gasteiger partial charge in [0.2, 0.25) is 0 Å². The van der Waals surface area contributed by atoms with Gasteiger partial charge in [-0.15, -0.1) is 5.10 Å². The van der Waals surface area contributed by atoms with Crippen LogP contribution < -0.4 is 5.73 Å². The lowest BCUT2D eigenvalue weighted by molar-refractivity contribution is 0.590. The molecule has 0 radical (unpaired) electrons. The van der Waals surface area contributed by atoms with Crippen LogP contribution in [0.1, 0.15) is 29.9 Å². The maximum Gasteiger partial charge on any atom is 0.143 e. The summed E-state index contributed by atoms with van der Waals surface area (Å²) in [4.78, 5) is 0. The van der Waals surface area contributed by atoms with E-state index in [2.05, 4.69) is 15.5 Å². The molecule has 3 rings (SSSR count). The van der Waals surface area contributed by atoms with E-state index < -0.39 is 0 Å². The van der Waals surface area contributed by atoms with Crippen molar-refractivity contribution in [3.8, 4) is 5.69 Å². The molecular weight excluding hydrogens is 221 g/mol. The topological polar surface area (TPSA) is 69.6 Å². The second kappa shape index (κ2) is 3.89. The molecule has 5 nitrogen and oxygen atoms in total. The Hall–Kier alpha value is -1.82. The molecule has 0 atom stereocenters. The summed E-state index contributed by atoms with van der Waals surface area (Å²) >= 11 is 0. The molecule has 88 valence electrons. The van der Waals surface area contributed by atoms with E-state index in [1.165, 1.54) is 11.0 Å². The number of benzene rings is 1. The van der Waals surface area contributed by atoms with Gasteiger partial charge in [-0.05, 0) is 40.8 Å². The first-order chi connectivity index (χ1) is 8.31. The molecule has 1 aromatic carbocycles. The molecule has 1 aromatic heterocycles. The second-order valence-corrected chi connectivity index (χ2v) is 4.20. The molecule has 0 bridgehead atoms. The summed E-state index contributed by atoms with van der Waals surface area (Å²) in [6, 6.07) is 3.64. The van der Waals surface area contributed by atoms with Crippen LogP contribution in [0.2, 0.25) is 0 Å². The van der Waals surface area contributed by atoms with E-state index in [-0.39, 0.29) is 12.4 Å². The zero-order valence-corrected chi connectivity index (χ0v) is 9.17. The number of nitrogens with zero attached hydrogens (tertiary/aromatic N) is 4. The van der Waals surface area contributed by atoms with Gasteiger partial charge >= 0.3 is 0 Å². The summed E-state index contributed by atoms with van der Waals surface area (Å²) in [6.07, 6.45) is 3.56. The fourth-order valence-corrected chi connectivity index (χ4v) is 2.02. The van der Waals surface area contributed by atoms with E-state index in [0.717, 1.165) is 18.4 Å². The van der Waals surface area contributed by atoms with Gasteiger partial charge in [0.05, 0.1) is 5.69 Å². The molecule has 0 spiro atoms. The molecule has 1 saturated carbocycles. The normalized spacial score (nSPS) is 15.2. The van der Waals surface area contributed by atoms with Crippen molar-refractivity contribution in [3.05, 3.63) is 35.4 Å². The zero-order chi connectivity index (χ0) is 11.8. The number of hydrogen-bond acceptors (Lipinski definition) is 4. The molecule has 6 heteroatoms. The van der Waals surface area contributed by atoms with Gasteiger partial charge in [0.25, 0.3) is 0 Å². The molecule has 0 unspecified atom stereocenters. The Balaban J connectivity index is 2.13. The number of halogens is 1. The van der Waals surface area contributed by atoms with Gasteiger partial charge < -0.3 is 5.73 Å². The molecule has 1 fully saturated rings. The molecule has 0 aliphatic heterocycles. The standard InChI is InChI=1S/C11H12FN5/c12-11-8(7-1-2-7)3-4-10(9(11)5-13)17-6-14-15-16-17/h3-4,6-7H,1-2,5,13H2. The van der Waals surface area contributed by atoms with E-state index in [1.807, 2.05) is 12.1 Å². The minimum absolute atomic E-state index is 0.140. The lowest BCUT2D eigenvalue weighted by Crippen LogP contribution is -2.09. The Morgan fingerprint density at radius 1 is 1.41 bits per heavy atom. The fourth-order valence-electron chi connectivity index (χ4n) is 2.02. The average molecular weight is 233 g/mol. The van der Waals surface area contributed by atoms with Crippen molar-refractivity contribution in [2.75, 3.05) is 0 Å². The molecule has 1 aliphatic rings. The van der Waals surface area contributed by atoms with Gasteiger partial charge in [0, 0.05) is 12.1 Å². The molecule has 0 amide bonds. The van der Waals surface area contributed by atoms with Crippen molar-refractivity contribution in [1.29, 1.82) is 0 Å². The third-order valence-corrected chi connectivity index (χ3v) is 3.07. The molecule has 1 aliphatic carbocycles. The summed E-state index contributed by atoms with van der Waals surface area (Å²) < 4.78 is 15.7. The molecule has 1 heterocycles. The molecule has 0 saturated heterocycles. The Bertz CT molecular complexity index is 533. The lowest BCUT2D eigenvalue weighted by Gasteiger charge is -2.11. The monoisotopic (exact) mass is 233 g/mol. The molecule has 2 N–H and O–H groups in total. The molecule has 17 heavy (non-hydrogen) atoms. The number of nitrogens with two attached hydrogens (primary N) is 1. The summed E-state index contributed by atoms with van der Waals surface area (Å²) in [5, 5.41) is 10.8. The SMILES string of the molecule is NCc1c(-n2cnnn2)ccc(C2CC2)c1F. The van der Waals surface area contributed by atoms with Crippen LogP contribution >= 0.6 is 0 Å². The highest BCUT2D eigenvalue weighted by Crippen LogP contribution is 2.42. The predicted octanol–water partition coefficient (Wildman–Crippen LogP) is 1.14. The van der Waals surface area contributed by atoms with Gasteiger partial charge in [-0.2, -0.15) is 0 Å². The Morgan fingerprint density at radius 2 is 2.24 bits per heavy atom. The van der Waals surface area contributed by atoms with Gasteiger partial charge in [0.1, 0.15) is 12.1 Å². The smallest absolute Gasteiger partial charge is 0.143 e. The summed E-state index contributed by atoms with van der Waals surface area (Å²) in [5.41, 5.74) is 7.48. The van der Waals surface area contributed by atoms with Crippen molar-refractivity contribution >= 4 is 0 Å². The molecule has 2 aromatic rings. The van der Waals surface area contributed by atoms with Crippen molar-refractivity contribution in [3.63, 3.8) is 0 Å². The minimum atomic E-state index is -0.206. The Morgan fingerprint density at radius 3 is 2.82 bits per heavy atom. The first kappa shape index (κ1) is 10.3. The zero-order valence-electron chi connectivity index (χ0n) is 9.17.